The third-order valence-corrected chi connectivity index (χ3v) is 6.12. The highest BCUT2D eigenvalue weighted by Gasteiger charge is 2.32. The molecule has 0 saturated carbocycles. The van der Waals surface area contributed by atoms with Gasteiger partial charge in [-0.05, 0) is 116 Å². The fourth-order valence-corrected chi connectivity index (χ4v) is 4.10. The Kier molecular flexibility index (Phi) is 9.27. The number of hydrogen-bond acceptors (Lipinski definition) is 2. The highest BCUT2D eigenvalue weighted by atomic mass is 16.5. The molecule has 0 spiro atoms. The summed E-state index contributed by atoms with van der Waals surface area (Å²) in [6.07, 6.45) is 16.0. The van der Waals surface area contributed by atoms with Gasteiger partial charge in [0.2, 0.25) is 0 Å². The first-order valence-electron chi connectivity index (χ1n) is 11.5. The van der Waals surface area contributed by atoms with E-state index in [-0.39, 0.29) is 5.60 Å². The van der Waals surface area contributed by atoms with E-state index in [0.29, 0.717) is 0 Å². The van der Waals surface area contributed by atoms with Gasteiger partial charge < -0.3 is 9.47 Å². The second-order valence-electron chi connectivity index (χ2n) is 9.48. The van der Waals surface area contributed by atoms with Crippen LogP contribution in [-0.4, -0.2) is 12.7 Å². The highest BCUT2D eigenvalue weighted by Crippen LogP contribution is 2.40. The maximum atomic E-state index is 6.50. The predicted molar refractivity (Wildman–Crippen MR) is 130 cm³/mol. The maximum absolute atomic E-state index is 6.50. The number of allylic oxidation sites excluding steroid dienone is 6. The molecule has 0 aliphatic carbocycles. The van der Waals surface area contributed by atoms with E-state index >= 15 is 0 Å². The van der Waals surface area contributed by atoms with Crippen molar-refractivity contribution >= 4 is 0 Å². The van der Waals surface area contributed by atoms with Crippen molar-refractivity contribution in [3.63, 3.8) is 0 Å². The van der Waals surface area contributed by atoms with Gasteiger partial charge in [0, 0.05) is 0 Å². The summed E-state index contributed by atoms with van der Waals surface area (Å²) in [4.78, 5) is 0. The summed E-state index contributed by atoms with van der Waals surface area (Å²) < 4.78 is 11.9. The quantitative estimate of drug-likeness (QED) is 0.361. The van der Waals surface area contributed by atoms with Gasteiger partial charge in [0.25, 0.3) is 0 Å². The number of benzene rings is 1. The van der Waals surface area contributed by atoms with Gasteiger partial charge in [-0.1, -0.05) is 34.9 Å². The van der Waals surface area contributed by atoms with Gasteiger partial charge in [-0.2, -0.15) is 0 Å². The summed E-state index contributed by atoms with van der Waals surface area (Å²) in [5.74, 6) is 2.00. The van der Waals surface area contributed by atoms with Gasteiger partial charge in [-0.3, -0.25) is 0 Å². The van der Waals surface area contributed by atoms with Crippen LogP contribution in [0.5, 0.6) is 11.5 Å². The summed E-state index contributed by atoms with van der Waals surface area (Å²) in [6, 6.07) is 4.20. The molecule has 1 atom stereocenters. The van der Waals surface area contributed by atoms with Gasteiger partial charge in [-0.25, -0.2) is 0 Å². The molecule has 1 aliphatic heterocycles. The molecular formula is C28H42O2. The molecule has 1 aromatic rings. The molecule has 0 unspecified atom stereocenters. The van der Waals surface area contributed by atoms with Gasteiger partial charge >= 0.3 is 0 Å². The van der Waals surface area contributed by atoms with Crippen LogP contribution < -0.4 is 9.47 Å². The van der Waals surface area contributed by atoms with Crippen molar-refractivity contribution in [1.82, 2.24) is 0 Å². The van der Waals surface area contributed by atoms with Crippen molar-refractivity contribution in [2.24, 2.45) is 0 Å². The molecule has 0 aromatic heterocycles. The summed E-state index contributed by atoms with van der Waals surface area (Å²) in [7, 11) is 1.73. The zero-order valence-electron chi connectivity index (χ0n) is 20.4. The lowest BCUT2D eigenvalue weighted by molar-refractivity contribution is 0.0561. The predicted octanol–water partition coefficient (Wildman–Crippen LogP) is 8.29. The van der Waals surface area contributed by atoms with E-state index in [1.165, 1.54) is 34.3 Å². The first-order chi connectivity index (χ1) is 14.2. The Morgan fingerprint density at radius 1 is 1.00 bits per heavy atom. The maximum Gasteiger partial charge on any atom is 0.126 e. The lowest BCUT2D eigenvalue weighted by atomic mass is 9.87. The highest BCUT2D eigenvalue weighted by molar-refractivity contribution is 5.48. The van der Waals surface area contributed by atoms with Crippen LogP contribution in [0.15, 0.2) is 47.1 Å². The largest absolute Gasteiger partial charge is 0.497 e. The lowest BCUT2D eigenvalue weighted by Gasteiger charge is -2.37. The Hall–Kier alpha value is -1.96. The van der Waals surface area contributed by atoms with Crippen molar-refractivity contribution in [3.05, 3.63) is 58.2 Å². The summed E-state index contributed by atoms with van der Waals surface area (Å²) in [5.41, 5.74) is 6.79. The Morgan fingerprint density at radius 2 is 1.63 bits per heavy atom. The van der Waals surface area contributed by atoms with Gasteiger partial charge in [0.15, 0.2) is 0 Å². The molecule has 0 radical (unpaired) electrons. The van der Waals surface area contributed by atoms with Crippen LogP contribution in [0.2, 0.25) is 0 Å². The Bertz CT molecular complexity index is 793. The minimum Gasteiger partial charge on any atom is -0.497 e. The molecule has 0 fully saturated rings. The first kappa shape index (κ1) is 24.3. The zero-order valence-corrected chi connectivity index (χ0v) is 20.4. The summed E-state index contributed by atoms with van der Waals surface area (Å²) in [6.45, 7) is 13.2. The second-order valence-corrected chi connectivity index (χ2v) is 9.48. The standard InChI is InChI=1S/C28H42O2/c1-21(2)11-8-12-22(3)13-9-14-23(4)15-10-17-28(6)18-16-25-20-26(29-7)19-24(5)27(25)30-28/h11,13,15,19-20H,8-10,12,14,16-18H2,1-7H3/b22-13+,23-15+/t28-/m1/s1. The number of fused-ring (bicyclic) bond motifs is 1. The van der Waals surface area contributed by atoms with Crippen molar-refractivity contribution < 1.29 is 9.47 Å². The molecule has 0 amide bonds. The molecule has 2 heteroatoms. The monoisotopic (exact) mass is 410 g/mol. The normalized spacial score (nSPS) is 19.2. The third kappa shape index (κ3) is 7.70. The lowest BCUT2D eigenvalue weighted by Crippen LogP contribution is -2.36. The Labute approximate surface area is 185 Å². The van der Waals surface area contributed by atoms with Crippen LogP contribution in [0.4, 0.5) is 0 Å². The number of hydrogen-bond donors (Lipinski definition) is 0. The Balaban J connectivity index is 1.81. The molecule has 30 heavy (non-hydrogen) atoms. The summed E-state index contributed by atoms with van der Waals surface area (Å²) >= 11 is 0. The van der Waals surface area contributed by atoms with Crippen molar-refractivity contribution in [2.75, 3.05) is 7.11 Å². The minimum atomic E-state index is -0.0788. The number of aryl methyl sites for hydroxylation is 2. The van der Waals surface area contributed by atoms with Crippen LogP contribution in [0.25, 0.3) is 0 Å². The van der Waals surface area contributed by atoms with Crippen LogP contribution in [-0.2, 0) is 6.42 Å². The van der Waals surface area contributed by atoms with Crippen LogP contribution in [0.1, 0.15) is 90.7 Å². The van der Waals surface area contributed by atoms with Gasteiger partial charge in [0.1, 0.15) is 17.1 Å². The van der Waals surface area contributed by atoms with E-state index in [0.717, 1.165) is 56.4 Å². The van der Waals surface area contributed by atoms with E-state index < -0.39 is 0 Å². The van der Waals surface area contributed by atoms with Crippen molar-refractivity contribution in [1.29, 1.82) is 0 Å². The molecule has 0 saturated heterocycles. The fourth-order valence-electron chi connectivity index (χ4n) is 4.10. The molecular weight excluding hydrogens is 368 g/mol. The summed E-state index contributed by atoms with van der Waals surface area (Å²) in [5, 5.41) is 0. The third-order valence-electron chi connectivity index (χ3n) is 6.12. The topological polar surface area (TPSA) is 18.5 Å². The first-order valence-corrected chi connectivity index (χ1v) is 11.5. The van der Waals surface area contributed by atoms with Crippen LogP contribution >= 0.6 is 0 Å². The smallest absolute Gasteiger partial charge is 0.126 e. The van der Waals surface area contributed by atoms with E-state index in [9.17, 15) is 0 Å². The van der Waals surface area contributed by atoms with E-state index in [1.807, 2.05) is 0 Å². The average molecular weight is 411 g/mol. The molecule has 0 bridgehead atoms. The second kappa shape index (κ2) is 11.4. The number of ether oxygens (including phenoxy) is 2. The number of rotatable bonds is 10. The van der Waals surface area contributed by atoms with E-state index in [4.69, 9.17) is 9.47 Å². The molecule has 2 rings (SSSR count). The van der Waals surface area contributed by atoms with E-state index in [1.54, 1.807) is 7.11 Å². The van der Waals surface area contributed by atoms with Gasteiger partial charge in [-0.15, -0.1) is 0 Å². The molecule has 166 valence electrons. The molecule has 1 heterocycles. The van der Waals surface area contributed by atoms with E-state index in [2.05, 4.69) is 71.9 Å². The molecule has 0 N–H and O–H groups in total. The van der Waals surface area contributed by atoms with Crippen LogP contribution in [0.3, 0.4) is 0 Å². The van der Waals surface area contributed by atoms with Crippen LogP contribution in [0, 0.1) is 6.92 Å². The van der Waals surface area contributed by atoms with Crippen molar-refractivity contribution in [3.8, 4) is 11.5 Å². The molecule has 2 nitrogen and oxygen atoms in total. The Morgan fingerprint density at radius 3 is 2.27 bits per heavy atom. The fraction of sp³-hybridized carbons (Fsp3) is 0.571. The minimum absolute atomic E-state index is 0.0788. The average Bonchev–Trinajstić information content (AvgIpc) is 2.68. The molecule has 1 aromatic carbocycles. The van der Waals surface area contributed by atoms with Crippen molar-refractivity contribution in [2.45, 2.75) is 98.5 Å². The van der Waals surface area contributed by atoms with Gasteiger partial charge in [0.05, 0.1) is 7.11 Å². The zero-order chi connectivity index (χ0) is 22.1. The SMILES string of the molecule is COc1cc(C)c2c(c1)CC[C@@](C)(CC/C=C(\C)CC/C=C(\C)CCC=C(C)C)O2. The molecule has 1 aliphatic rings. The number of methoxy groups -OCH3 is 1.